The van der Waals surface area contributed by atoms with Crippen molar-refractivity contribution in [1.29, 1.82) is 0 Å². The Kier molecular flexibility index (Phi) is 7.98. The van der Waals surface area contributed by atoms with Crippen LogP contribution >= 0.6 is 0 Å². The van der Waals surface area contributed by atoms with E-state index in [2.05, 4.69) is 4.72 Å². The molecule has 6 heteroatoms. The first kappa shape index (κ1) is 24.7. The van der Waals surface area contributed by atoms with Crippen LogP contribution in [0.5, 0.6) is 5.75 Å². The number of ether oxygens (including phenoxy) is 2. The summed E-state index contributed by atoms with van der Waals surface area (Å²) < 4.78 is 41.6. The van der Waals surface area contributed by atoms with E-state index in [1.165, 1.54) is 0 Å². The molecule has 0 amide bonds. The molecule has 0 radical (unpaired) electrons. The summed E-state index contributed by atoms with van der Waals surface area (Å²) in [6.45, 7) is 2.27. The molecule has 0 saturated heterocycles. The van der Waals surface area contributed by atoms with Gasteiger partial charge in [0.05, 0.1) is 17.5 Å². The van der Waals surface area contributed by atoms with Crippen LogP contribution in [0.15, 0.2) is 114 Å². The van der Waals surface area contributed by atoms with Crippen LogP contribution in [0.2, 0.25) is 0 Å². The van der Waals surface area contributed by atoms with Crippen molar-refractivity contribution in [3.8, 4) is 5.75 Å². The first-order valence-electron chi connectivity index (χ1n) is 11.4. The third-order valence-corrected chi connectivity index (χ3v) is 7.16. The van der Waals surface area contributed by atoms with Crippen LogP contribution in [-0.2, 0) is 14.8 Å². The second-order valence-electron chi connectivity index (χ2n) is 8.29. The van der Waals surface area contributed by atoms with Gasteiger partial charge in [-0.25, -0.2) is 8.42 Å². The van der Waals surface area contributed by atoms with E-state index >= 15 is 0 Å². The molecule has 4 aromatic carbocycles. The van der Waals surface area contributed by atoms with Gasteiger partial charge >= 0.3 is 0 Å². The van der Waals surface area contributed by atoms with E-state index in [0.29, 0.717) is 17.9 Å². The van der Waals surface area contributed by atoms with Crippen molar-refractivity contribution in [2.24, 2.45) is 0 Å². The molecule has 0 fully saturated rings. The fourth-order valence-corrected chi connectivity index (χ4v) is 5.10. The fraction of sp³-hybridized carbons (Fsp3) is 0.172. The number of nitrogens with one attached hydrogen (secondary N) is 1. The zero-order valence-corrected chi connectivity index (χ0v) is 20.6. The number of hydrogen-bond acceptors (Lipinski definition) is 4. The number of benzene rings is 4. The van der Waals surface area contributed by atoms with Gasteiger partial charge in [0.1, 0.15) is 11.9 Å². The van der Waals surface area contributed by atoms with Crippen LogP contribution in [-0.4, -0.2) is 22.1 Å². The van der Waals surface area contributed by atoms with E-state index in [0.717, 1.165) is 16.7 Å². The number of methoxy groups -OCH3 is 1. The van der Waals surface area contributed by atoms with E-state index in [9.17, 15) is 8.42 Å². The minimum absolute atomic E-state index is 0.212. The monoisotopic (exact) mass is 487 g/mol. The zero-order chi connectivity index (χ0) is 24.7. The molecular formula is C29H29NO4S. The van der Waals surface area contributed by atoms with Crippen molar-refractivity contribution in [3.05, 3.63) is 131 Å². The fourth-order valence-electron chi connectivity index (χ4n) is 3.89. The number of sulfonamides is 1. The average molecular weight is 488 g/mol. The van der Waals surface area contributed by atoms with Crippen molar-refractivity contribution < 1.29 is 17.9 Å². The summed E-state index contributed by atoms with van der Waals surface area (Å²) in [7, 11) is -2.18. The molecule has 5 nitrogen and oxygen atoms in total. The standard InChI is InChI=1S/C29H29NO4S/c1-22-17-19-25(20-18-22)35(31,32)30-29(24-13-7-4-8-14-24)26-15-9-10-16-27(26)34-28(21-33-2)23-11-5-3-6-12-23/h3-20,28-30H,21H2,1-2H3/t28-,29-/m1/s1. The Hall–Kier alpha value is -3.45. The van der Waals surface area contributed by atoms with Crippen molar-refractivity contribution in [3.63, 3.8) is 0 Å². The Morgan fingerprint density at radius 2 is 1.31 bits per heavy atom. The van der Waals surface area contributed by atoms with E-state index in [-0.39, 0.29) is 11.0 Å². The van der Waals surface area contributed by atoms with Crippen LogP contribution in [0, 0.1) is 6.92 Å². The first-order chi connectivity index (χ1) is 17.0. The Balaban J connectivity index is 1.74. The SMILES string of the molecule is COC[C@@H](Oc1ccccc1[C@H](NS(=O)(=O)c1ccc(C)cc1)c1ccccc1)c1ccccc1. The van der Waals surface area contributed by atoms with Gasteiger partial charge in [0, 0.05) is 12.7 Å². The quantitative estimate of drug-likeness (QED) is 0.306. The summed E-state index contributed by atoms with van der Waals surface area (Å²) in [5, 5.41) is 0. The summed E-state index contributed by atoms with van der Waals surface area (Å²) in [5.41, 5.74) is 3.49. The van der Waals surface area contributed by atoms with Gasteiger partial charge < -0.3 is 9.47 Å². The van der Waals surface area contributed by atoms with E-state index in [1.54, 1.807) is 31.4 Å². The zero-order valence-electron chi connectivity index (χ0n) is 19.8. The third-order valence-electron chi connectivity index (χ3n) is 5.73. The van der Waals surface area contributed by atoms with Gasteiger partial charge in [-0.15, -0.1) is 0 Å². The summed E-state index contributed by atoms with van der Waals surface area (Å²) in [5.74, 6) is 0.582. The predicted molar refractivity (Wildman–Crippen MR) is 138 cm³/mol. The molecule has 1 N–H and O–H groups in total. The Labute approximate surface area is 207 Å². The highest BCUT2D eigenvalue weighted by Crippen LogP contribution is 2.34. The van der Waals surface area contributed by atoms with Gasteiger partial charge in [-0.3, -0.25) is 0 Å². The van der Waals surface area contributed by atoms with Crippen molar-refractivity contribution >= 4 is 10.0 Å². The molecule has 0 aliphatic rings. The largest absolute Gasteiger partial charge is 0.483 e. The molecule has 0 aromatic heterocycles. The molecule has 0 aliphatic carbocycles. The lowest BCUT2D eigenvalue weighted by molar-refractivity contribution is 0.0801. The molecular weight excluding hydrogens is 458 g/mol. The van der Waals surface area contributed by atoms with Gasteiger partial charge in [0.25, 0.3) is 0 Å². The van der Waals surface area contributed by atoms with Crippen molar-refractivity contribution in [2.75, 3.05) is 13.7 Å². The van der Waals surface area contributed by atoms with Gasteiger partial charge in [-0.2, -0.15) is 4.72 Å². The highest BCUT2D eigenvalue weighted by molar-refractivity contribution is 7.89. The maximum atomic E-state index is 13.4. The Morgan fingerprint density at radius 1 is 0.743 bits per heavy atom. The summed E-state index contributed by atoms with van der Waals surface area (Å²) in [4.78, 5) is 0.212. The molecule has 4 aromatic rings. The second kappa shape index (κ2) is 11.3. The normalized spacial score (nSPS) is 13.2. The molecule has 2 atom stereocenters. The van der Waals surface area contributed by atoms with E-state index in [1.807, 2.05) is 91.9 Å². The second-order valence-corrected chi connectivity index (χ2v) is 10.0. The van der Waals surface area contributed by atoms with Gasteiger partial charge in [-0.1, -0.05) is 96.6 Å². The van der Waals surface area contributed by atoms with Gasteiger partial charge in [0.15, 0.2) is 0 Å². The molecule has 0 heterocycles. The predicted octanol–water partition coefficient (Wildman–Crippen LogP) is 5.83. The van der Waals surface area contributed by atoms with Crippen LogP contribution in [0.1, 0.15) is 34.4 Å². The molecule has 0 unspecified atom stereocenters. The lowest BCUT2D eigenvalue weighted by Gasteiger charge is -2.25. The lowest BCUT2D eigenvalue weighted by atomic mass is 9.98. The highest BCUT2D eigenvalue weighted by atomic mass is 32.2. The molecule has 4 rings (SSSR count). The summed E-state index contributed by atoms with van der Waals surface area (Å²) in [6, 6.07) is 33.0. The van der Waals surface area contributed by atoms with E-state index in [4.69, 9.17) is 9.47 Å². The molecule has 180 valence electrons. The summed E-state index contributed by atoms with van der Waals surface area (Å²) in [6.07, 6.45) is -0.354. The first-order valence-corrected chi connectivity index (χ1v) is 12.9. The Bertz CT molecular complexity index is 1320. The smallest absolute Gasteiger partial charge is 0.241 e. The number of para-hydroxylation sites is 1. The van der Waals surface area contributed by atoms with Gasteiger partial charge in [-0.05, 0) is 36.2 Å². The summed E-state index contributed by atoms with van der Waals surface area (Å²) >= 11 is 0. The highest BCUT2D eigenvalue weighted by Gasteiger charge is 2.26. The maximum Gasteiger partial charge on any atom is 0.241 e. The average Bonchev–Trinajstić information content (AvgIpc) is 2.89. The Morgan fingerprint density at radius 3 is 1.94 bits per heavy atom. The number of rotatable bonds is 10. The van der Waals surface area contributed by atoms with Crippen molar-refractivity contribution in [2.45, 2.75) is 24.0 Å². The number of aryl methyl sites for hydroxylation is 1. The molecule has 0 spiro atoms. The minimum atomic E-state index is -3.81. The van der Waals surface area contributed by atoms with Crippen LogP contribution in [0.3, 0.4) is 0 Å². The van der Waals surface area contributed by atoms with Crippen LogP contribution < -0.4 is 9.46 Å². The topological polar surface area (TPSA) is 64.6 Å². The third kappa shape index (κ3) is 6.17. The van der Waals surface area contributed by atoms with Gasteiger partial charge in [0.2, 0.25) is 10.0 Å². The molecule has 0 saturated carbocycles. The molecule has 35 heavy (non-hydrogen) atoms. The molecule has 0 aliphatic heterocycles. The van der Waals surface area contributed by atoms with Crippen LogP contribution in [0.4, 0.5) is 0 Å². The minimum Gasteiger partial charge on any atom is -0.483 e. The number of hydrogen-bond donors (Lipinski definition) is 1. The lowest BCUT2D eigenvalue weighted by Crippen LogP contribution is -2.30. The van der Waals surface area contributed by atoms with Crippen LogP contribution in [0.25, 0.3) is 0 Å². The molecule has 0 bridgehead atoms. The van der Waals surface area contributed by atoms with E-state index < -0.39 is 16.1 Å². The maximum absolute atomic E-state index is 13.4. The van der Waals surface area contributed by atoms with Crippen molar-refractivity contribution in [1.82, 2.24) is 4.72 Å².